The third-order valence-corrected chi connectivity index (χ3v) is 6.73. The van der Waals surface area contributed by atoms with Gasteiger partial charge in [-0.3, -0.25) is 14.5 Å². The summed E-state index contributed by atoms with van der Waals surface area (Å²) in [5.41, 5.74) is 3.77. The Balaban J connectivity index is 1.26. The van der Waals surface area contributed by atoms with E-state index in [0.717, 1.165) is 36.4 Å². The number of rotatable bonds is 10. The number of amides is 1. The predicted octanol–water partition coefficient (Wildman–Crippen LogP) is 3.18. The topological polar surface area (TPSA) is 87.3 Å². The number of para-hydroxylation sites is 1. The lowest BCUT2D eigenvalue weighted by molar-refractivity contribution is -0.118. The summed E-state index contributed by atoms with van der Waals surface area (Å²) in [6.07, 6.45) is 2.52. The smallest absolute Gasteiger partial charge is 0.256 e. The summed E-state index contributed by atoms with van der Waals surface area (Å²) in [6.45, 7) is 2.70. The van der Waals surface area contributed by atoms with E-state index in [0.29, 0.717) is 36.8 Å². The third-order valence-electron chi connectivity index (χ3n) is 5.86. The summed E-state index contributed by atoms with van der Waals surface area (Å²) in [4.78, 5) is 34.7. The van der Waals surface area contributed by atoms with Gasteiger partial charge in [0.05, 0.1) is 24.1 Å². The first kappa shape index (κ1) is 24.0. The maximum absolute atomic E-state index is 12.7. The minimum absolute atomic E-state index is 0.0542. The first-order valence-electron chi connectivity index (χ1n) is 11.5. The summed E-state index contributed by atoms with van der Waals surface area (Å²) < 4.78 is 5.45. The molecule has 0 unspecified atom stereocenters. The molecule has 7 nitrogen and oxygen atoms in total. The van der Waals surface area contributed by atoms with Crippen LogP contribution in [0.3, 0.4) is 0 Å². The standard InChI is InChI=1S/C26H30N4O3S/c1-33-23-12-6-5-11-20(23)16-30-15-13-22-21(17-30)25(32)29-26(28-22)34-18-24(31)27-14-7-10-19-8-3-2-4-9-19/h2-6,8-9,11-12H,7,10,13-18H2,1H3,(H,27,31)(H,28,29,32). The molecule has 1 aromatic heterocycles. The minimum Gasteiger partial charge on any atom is -0.496 e. The molecule has 1 amide bonds. The molecule has 178 valence electrons. The highest BCUT2D eigenvalue weighted by atomic mass is 32.2. The second kappa shape index (κ2) is 11.9. The summed E-state index contributed by atoms with van der Waals surface area (Å²) in [5, 5.41) is 3.44. The van der Waals surface area contributed by atoms with Gasteiger partial charge in [-0.2, -0.15) is 0 Å². The first-order valence-corrected chi connectivity index (χ1v) is 12.5. The highest BCUT2D eigenvalue weighted by Gasteiger charge is 2.22. The maximum atomic E-state index is 12.7. The van der Waals surface area contributed by atoms with Crippen molar-refractivity contribution in [2.24, 2.45) is 0 Å². The predicted molar refractivity (Wildman–Crippen MR) is 134 cm³/mol. The Hall–Kier alpha value is -3.10. The average Bonchev–Trinajstić information content (AvgIpc) is 2.87. The van der Waals surface area contributed by atoms with Gasteiger partial charge in [0.25, 0.3) is 5.56 Å². The number of carbonyl (C=O) groups excluding carboxylic acids is 1. The van der Waals surface area contributed by atoms with Crippen LogP contribution in [0.2, 0.25) is 0 Å². The Morgan fingerprint density at radius 2 is 1.97 bits per heavy atom. The molecular formula is C26H30N4O3S. The number of nitrogens with zero attached hydrogens (tertiary/aromatic N) is 2. The number of ether oxygens (including phenoxy) is 1. The van der Waals surface area contributed by atoms with Crippen molar-refractivity contribution in [3.8, 4) is 5.75 Å². The number of H-pyrrole nitrogens is 1. The monoisotopic (exact) mass is 478 g/mol. The summed E-state index contributed by atoms with van der Waals surface area (Å²) in [5.74, 6) is 1.03. The zero-order valence-electron chi connectivity index (χ0n) is 19.4. The molecule has 0 aliphatic carbocycles. The lowest BCUT2D eigenvalue weighted by atomic mass is 10.1. The van der Waals surface area contributed by atoms with Gasteiger partial charge in [-0.1, -0.05) is 60.3 Å². The van der Waals surface area contributed by atoms with E-state index in [4.69, 9.17) is 4.74 Å². The van der Waals surface area contributed by atoms with Crippen LogP contribution in [0.1, 0.15) is 28.8 Å². The number of carbonyl (C=O) groups is 1. The summed E-state index contributed by atoms with van der Waals surface area (Å²) in [7, 11) is 1.67. The molecule has 0 radical (unpaired) electrons. The van der Waals surface area contributed by atoms with Crippen LogP contribution in [0, 0.1) is 0 Å². The average molecular weight is 479 g/mol. The quantitative estimate of drug-likeness (QED) is 0.264. The highest BCUT2D eigenvalue weighted by molar-refractivity contribution is 7.99. The molecule has 0 saturated heterocycles. The van der Waals surface area contributed by atoms with E-state index in [1.165, 1.54) is 17.3 Å². The van der Waals surface area contributed by atoms with Crippen molar-refractivity contribution in [1.82, 2.24) is 20.2 Å². The number of hydrogen-bond acceptors (Lipinski definition) is 6. The molecule has 1 aliphatic rings. The van der Waals surface area contributed by atoms with Gasteiger partial charge in [0, 0.05) is 38.2 Å². The Labute approximate surface area is 203 Å². The Morgan fingerprint density at radius 3 is 2.79 bits per heavy atom. The fourth-order valence-corrected chi connectivity index (χ4v) is 4.80. The lowest BCUT2D eigenvalue weighted by Crippen LogP contribution is -2.35. The molecule has 0 fully saturated rings. The molecule has 2 heterocycles. The number of thioether (sulfide) groups is 1. The van der Waals surface area contributed by atoms with Crippen LogP contribution in [-0.4, -0.2) is 46.7 Å². The van der Waals surface area contributed by atoms with Crippen LogP contribution in [-0.2, 0) is 30.7 Å². The van der Waals surface area contributed by atoms with Gasteiger partial charge >= 0.3 is 0 Å². The number of methoxy groups -OCH3 is 1. The van der Waals surface area contributed by atoms with Crippen LogP contribution in [0.4, 0.5) is 0 Å². The largest absolute Gasteiger partial charge is 0.496 e. The minimum atomic E-state index is -0.125. The van der Waals surface area contributed by atoms with Gasteiger partial charge in [0.1, 0.15) is 5.75 Å². The maximum Gasteiger partial charge on any atom is 0.256 e. The molecule has 0 bridgehead atoms. The molecular weight excluding hydrogens is 448 g/mol. The second-order valence-electron chi connectivity index (χ2n) is 8.30. The summed E-state index contributed by atoms with van der Waals surface area (Å²) >= 11 is 1.27. The molecule has 4 rings (SSSR count). The fraction of sp³-hybridized carbons (Fsp3) is 0.346. The Bertz CT molecular complexity index is 1170. The van der Waals surface area contributed by atoms with E-state index < -0.39 is 0 Å². The van der Waals surface area contributed by atoms with Crippen LogP contribution < -0.4 is 15.6 Å². The molecule has 0 saturated carbocycles. The molecule has 2 aromatic carbocycles. The Kier molecular flexibility index (Phi) is 8.38. The zero-order valence-corrected chi connectivity index (χ0v) is 20.2. The normalized spacial score (nSPS) is 13.3. The van der Waals surface area contributed by atoms with Gasteiger partial charge in [-0.15, -0.1) is 0 Å². The number of hydrogen-bond donors (Lipinski definition) is 2. The number of aryl methyl sites for hydroxylation is 1. The van der Waals surface area contributed by atoms with Crippen LogP contribution >= 0.6 is 11.8 Å². The number of fused-ring (bicyclic) bond motifs is 1. The van der Waals surface area contributed by atoms with Crippen LogP contribution in [0.25, 0.3) is 0 Å². The molecule has 1 aliphatic heterocycles. The van der Waals surface area contributed by atoms with E-state index in [9.17, 15) is 9.59 Å². The molecule has 2 N–H and O–H groups in total. The van der Waals surface area contributed by atoms with Crippen molar-refractivity contribution in [2.45, 2.75) is 37.5 Å². The third kappa shape index (κ3) is 6.48. The molecule has 0 spiro atoms. The number of benzene rings is 2. The van der Waals surface area contributed by atoms with E-state index in [2.05, 4.69) is 32.3 Å². The molecule has 0 atom stereocenters. The van der Waals surface area contributed by atoms with E-state index in [-0.39, 0.29) is 17.2 Å². The van der Waals surface area contributed by atoms with Crippen LogP contribution in [0.15, 0.2) is 64.5 Å². The SMILES string of the molecule is COc1ccccc1CN1CCc2nc(SCC(=O)NCCCc3ccccc3)[nH]c(=O)c2C1. The molecule has 3 aromatic rings. The van der Waals surface area contributed by atoms with Crippen molar-refractivity contribution in [3.05, 3.63) is 87.3 Å². The van der Waals surface area contributed by atoms with Crippen LogP contribution in [0.5, 0.6) is 5.75 Å². The summed E-state index contributed by atoms with van der Waals surface area (Å²) in [6, 6.07) is 18.2. The van der Waals surface area contributed by atoms with Gasteiger partial charge < -0.3 is 15.0 Å². The highest BCUT2D eigenvalue weighted by Crippen LogP contribution is 2.23. The molecule has 34 heavy (non-hydrogen) atoms. The van der Waals surface area contributed by atoms with Crippen molar-refractivity contribution < 1.29 is 9.53 Å². The zero-order chi connectivity index (χ0) is 23.8. The van der Waals surface area contributed by atoms with Gasteiger partial charge in [0.2, 0.25) is 5.91 Å². The van der Waals surface area contributed by atoms with Gasteiger partial charge in [-0.25, -0.2) is 4.98 Å². The number of aromatic amines is 1. The van der Waals surface area contributed by atoms with Crippen molar-refractivity contribution >= 4 is 17.7 Å². The number of aromatic nitrogens is 2. The van der Waals surface area contributed by atoms with E-state index in [1.54, 1.807) is 7.11 Å². The Morgan fingerprint density at radius 1 is 1.18 bits per heavy atom. The van der Waals surface area contributed by atoms with Gasteiger partial charge in [0.15, 0.2) is 5.16 Å². The van der Waals surface area contributed by atoms with Crippen molar-refractivity contribution in [1.29, 1.82) is 0 Å². The second-order valence-corrected chi connectivity index (χ2v) is 9.26. The van der Waals surface area contributed by atoms with E-state index in [1.807, 2.05) is 42.5 Å². The number of nitrogens with one attached hydrogen (secondary N) is 2. The fourth-order valence-electron chi connectivity index (χ4n) is 4.09. The molecule has 8 heteroatoms. The first-order chi connectivity index (χ1) is 16.6. The van der Waals surface area contributed by atoms with Crippen molar-refractivity contribution in [2.75, 3.05) is 26.0 Å². The van der Waals surface area contributed by atoms with Gasteiger partial charge in [-0.05, 0) is 24.5 Å². The van der Waals surface area contributed by atoms with Crippen molar-refractivity contribution in [3.63, 3.8) is 0 Å². The van der Waals surface area contributed by atoms with E-state index >= 15 is 0 Å². The lowest BCUT2D eigenvalue weighted by Gasteiger charge is -2.28.